The number of hydrogen-bond donors (Lipinski definition) is 1. The molecule has 0 aromatic carbocycles. The van der Waals surface area contributed by atoms with Gasteiger partial charge in [-0.25, -0.2) is 9.67 Å². The molecule has 114 valence electrons. The van der Waals surface area contributed by atoms with E-state index in [0.717, 1.165) is 0 Å². The fourth-order valence-electron chi connectivity index (χ4n) is 2.65. The Morgan fingerprint density at radius 2 is 2.18 bits per heavy atom. The fraction of sp³-hybridized carbons (Fsp3) is 0.333. The van der Waals surface area contributed by atoms with Gasteiger partial charge in [-0.05, 0) is 25.5 Å². The molecule has 1 atom stereocenters. The summed E-state index contributed by atoms with van der Waals surface area (Å²) in [5, 5.41) is 13.3. The fourth-order valence-corrected chi connectivity index (χ4v) is 2.65. The lowest BCUT2D eigenvalue weighted by molar-refractivity contribution is -0.141. The summed E-state index contributed by atoms with van der Waals surface area (Å²) in [7, 11) is 0. The van der Waals surface area contributed by atoms with Crippen LogP contribution in [0, 0.1) is 12.8 Å². The maximum absolute atomic E-state index is 12.5. The van der Waals surface area contributed by atoms with Crippen LogP contribution in [0.3, 0.4) is 0 Å². The van der Waals surface area contributed by atoms with E-state index in [0.29, 0.717) is 30.0 Å². The van der Waals surface area contributed by atoms with Crippen molar-refractivity contribution in [2.45, 2.75) is 13.3 Å². The third kappa shape index (κ3) is 2.45. The Balaban J connectivity index is 1.83. The molecule has 1 fully saturated rings. The van der Waals surface area contributed by atoms with Gasteiger partial charge in [-0.3, -0.25) is 9.59 Å². The molecule has 22 heavy (non-hydrogen) atoms. The molecule has 0 bridgehead atoms. The Hall–Kier alpha value is -2.70. The zero-order valence-electron chi connectivity index (χ0n) is 12.1. The van der Waals surface area contributed by atoms with Crippen LogP contribution in [0.2, 0.25) is 0 Å². The molecule has 2 aromatic rings. The molecule has 2 aromatic heterocycles. The molecular formula is C15H16N4O3. The van der Waals surface area contributed by atoms with Crippen molar-refractivity contribution in [3.05, 3.63) is 41.9 Å². The number of likely N-dealkylation sites (tertiary alicyclic amines) is 1. The maximum atomic E-state index is 12.5. The molecule has 1 N–H and O–H groups in total. The summed E-state index contributed by atoms with van der Waals surface area (Å²) >= 11 is 0. The summed E-state index contributed by atoms with van der Waals surface area (Å²) in [5.41, 5.74) is 1.18. The number of nitrogens with zero attached hydrogens (tertiary/aromatic N) is 4. The van der Waals surface area contributed by atoms with Gasteiger partial charge in [-0.1, -0.05) is 6.07 Å². The van der Waals surface area contributed by atoms with Gasteiger partial charge in [-0.2, -0.15) is 5.10 Å². The Kier molecular flexibility index (Phi) is 3.62. The average molecular weight is 300 g/mol. The summed E-state index contributed by atoms with van der Waals surface area (Å²) in [6.07, 6.45) is 3.67. The first-order chi connectivity index (χ1) is 10.6. The smallest absolute Gasteiger partial charge is 0.308 e. The molecule has 0 saturated carbocycles. The summed E-state index contributed by atoms with van der Waals surface area (Å²) in [5.74, 6) is -0.862. The molecule has 1 aliphatic rings. The minimum atomic E-state index is -0.851. The molecule has 1 saturated heterocycles. The summed E-state index contributed by atoms with van der Waals surface area (Å²) in [6.45, 7) is 2.52. The largest absolute Gasteiger partial charge is 0.481 e. The van der Waals surface area contributed by atoms with Crippen LogP contribution < -0.4 is 0 Å². The number of carbonyl (C=O) groups excluding carboxylic acids is 1. The van der Waals surface area contributed by atoms with E-state index in [1.165, 1.54) is 6.20 Å². The second-order valence-electron chi connectivity index (χ2n) is 5.32. The number of aromatic nitrogens is 3. The van der Waals surface area contributed by atoms with Crippen LogP contribution in [0.4, 0.5) is 0 Å². The summed E-state index contributed by atoms with van der Waals surface area (Å²) in [4.78, 5) is 29.3. The lowest BCUT2D eigenvalue weighted by Crippen LogP contribution is -2.30. The van der Waals surface area contributed by atoms with Crippen LogP contribution >= 0.6 is 0 Å². The van der Waals surface area contributed by atoms with E-state index in [1.54, 1.807) is 22.7 Å². The van der Waals surface area contributed by atoms with Gasteiger partial charge in [0.2, 0.25) is 0 Å². The molecular weight excluding hydrogens is 284 g/mol. The number of amides is 1. The SMILES string of the molecule is Cc1c(C(=O)N2CC[C@@H](C(=O)O)C2)cnn1-c1ccccn1. The predicted octanol–water partition coefficient (Wildman–Crippen LogP) is 1.12. The van der Waals surface area contributed by atoms with Crippen molar-refractivity contribution >= 4 is 11.9 Å². The molecule has 0 unspecified atom stereocenters. The van der Waals surface area contributed by atoms with Crippen LogP contribution in [0.1, 0.15) is 22.5 Å². The molecule has 1 amide bonds. The Morgan fingerprint density at radius 1 is 1.36 bits per heavy atom. The first kappa shape index (κ1) is 14.2. The molecule has 1 aliphatic heterocycles. The van der Waals surface area contributed by atoms with Gasteiger partial charge in [0.15, 0.2) is 5.82 Å². The summed E-state index contributed by atoms with van der Waals surface area (Å²) in [6, 6.07) is 5.47. The second-order valence-corrected chi connectivity index (χ2v) is 5.32. The van der Waals surface area contributed by atoms with E-state index in [-0.39, 0.29) is 12.5 Å². The number of pyridine rings is 1. The average Bonchev–Trinajstić information content (AvgIpc) is 3.14. The first-order valence-electron chi connectivity index (χ1n) is 7.06. The number of carboxylic acids is 1. The molecule has 0 aliphatic carbocycles. The lowest BCUT2D eigenvalue weighted by atomic mass is 10.1. The second kappa shape index (κ2) is 5.59. The highest BCUT2D eigenvalue weighted by Gasteiger charge is 2.32. The Morgan fingerprint density at radius 3 is 2.82 bits per heavy atom. The standard InChI is InChI=1S/C15H16N4O3/c1-10-12(8-17-19(10)13-4-2-3-6-16-13)14(20)18-7-5-11(9-18)15(21)22/h2-4,6,8,11H,5,7,9H2,1H3,(H,21,22)/t11-/m1/s1. The van der Waals surface area contributed by atoms with E-state index >= 15 is 0 Å². The van der Waals surface area contributed by atoms with E-state index in [2.05, 4.69) is 10.1 Å². The van der Waals surface area contributed by atoms with Crippen LogP contribution in [-0.4, -0.2) is 49.7 Å². The number of hydrogen-bond acceptors (Lipinski definition) is 4. The van der Waals surface area contributed by atoms with E-state index in [4.69, 9.17) is 5.11 Å². The minimum absolute atomic E-state index is 0.177. The van der Waals surface area contributed by atoms with Crippen molar-refractivity contribution in [2.75, 3.05) is 13.1 Å². The quantitative estimate of drug-likeness (QED) is 0.917. The van der Waals surface area contributed by atoms with Crippen molar-refractivity contribution in [3.8, 4) is 5.82 Å². The van der Waals surface area contributed by atoms with Gasteiger partial charge in [0.25, 0.3) is 5.91 Å². The number of aliphatic carboxylic acids is 1. The van der Waals surface area contributed by atoms with E-state index in [9.17, 15) is 9.59 Å². The van der Waals surface area contributed by atoms with Crippen LogP contribution in [0.5, 0.6) is 0 Å². The molecule has 0 spiro atoms. The highest BCUT2D eigenvalue weighted by Crippen LogP contribution is 2.21. The zero-order valence-corrected chi connectivity index (χ0v) is 12.1. The van der Waals surface area contributed by atoms with Gasteiger partial charge in [-0.15, -0.1) is 0 Å². The molecule has 0 radical (unpaired) electrons. The van der Waals surface area contributed by atoms with Gasteiger partial charge < -0.3 is 10.0 Å². The van der Waals surface area contributed by atoms with Gasteiger partial charge in [0, 0.05) is 19.3 Å². The van der Waals surface area contributed by atoms with E-state index in [1.807, 2.05) is 18.2 Å². The first-order valence-corrected chi connectivity index (χ1v) is 7.06. The molecule has 7 heteroatoms. The minimum Gasteiger partial charge on any atom is -0.481 e. The van der Waals surface area contributed by atoms with Crippen LogP contribution in [0.25, 0.3) is 5.82 Å². The monoisotopic (exact) mass is 300 g/mol. The van der Waals surface area contributed by atoms with Gasteiger partial charge >= 0.3 is 5.97 Å². The summed E-state index contributed by atoms with van der Waals surface area (Å²) < 4.78 is 1.61. The van der Waals surface area contributed by atoms with Crippen molar-refractivity contribution in [2.24, 2.45) is 5.92 Å². The van der Waals surface area contributed by atoms with Crippen molar-refractivity contribution < 1.29 is 14.7 Å². The van der Waals surface area contributed by atoms with Crippen molar-refractivity contribution in [1.82, 2.24) is 19.7 Å². The number of carboxylic acid groups (broad SMARTS) is 1. The molecule has 3 rings (SSSR count). The molecule has 3 heterocycles. The number of carbonyl (C=O) groups is 2. The zero-order chi connectivity index (χ0) is 15.7. The van der Waals surface area contributed by atoms with E-state index < -0.39 is 11.9 Å². The normalized spacial score (nSPS) is 17.7. The molecule has 7 nitrogen and oxygen atoms in total. The highest BCUT2D eigenvalue weighted by molar-refractivity contribution is 5.95. The van der Waals surface area contributed by atoms with Crippen LogP contribution in [-0.2, 0) is 4.79 Å². The lowest BCUT2D eigenvalue weighted by Gasteiger charge is -2.15. The Labute approximate surface area is 127 Å². The predicted molar refractivity (Wildman–Crippen MR) is 77.7 cm³/mol. The highest BCUT2D eigenvalue weighted by atomic mass is 16.4. The van der Waals surface area contributed by atoms with Gasteiger partial charge in [0.1, 0.15) is 0 Å². The topological polar surface area (TPSA) is 88.3 Å². The third-order valence-corrected chi connectivity index (χ3v) is 3.93. The van der Waals surface area contributed by atoms with Crippen molar-refractivity contribution in [1.29, 1.82) is 0 Å². The van der Waals surface area contributed by atoms with Gasteiger partial charge in [0.05, 0.1) is 23.4 Å². The third-order valence-electron chi connectivity index (χ3n) is 3.93. The maximum Gasteiger partial charge on any atom is 0.308 e. The van der Waals surface area contributed by atoms with Crippen LogP contribution in [0.15, 0.2) is 30.6 Å². The Bertz CT molecular complexity index is 711. The number of rotatable bonds is 3. The van der Waals surface area contributed by atoms with Crippen molar-refractivity contribution in [3.63, 3.8) is 0 Å².